The molecule has 1 unspecified atom stereocenters. The van der Waals surface area contributed by atoms with Crippen LogP contribution in [0.25, 0.3) is 0 Å². The fraction of sp³-hybridized carbons (Fsp3) is 0.179. The summed E-state index contributed by atoms with van der Waals surface area (Å²) in [5.41, 5.74) is 5.64. The second kappa shape index (κ2) is 10.8. The summed E-state index contributed by atoms with van der Waals surface area (Å²) in [6, 6.07) is 18.2. The third-order valence-electron chi connectivity index (χ3n) is 6.31. The Kier molecular flexibility index (Phi) is 7.52. The molecule has 0 fully saturated rings. The molecule has 0 radical (unpaired) electrons. The summed E-state index contributed by atoms with van der Waals surface area (Å²) in [5, 5.41) is 22.8. The van der Waals surface area contributed by atoms with Gasteiger partial charge >= 0.3 is 0 Å². The van der Waals surface area contributed by atoms with E-state index in [1.807, 2.05) is 69.3 Å². The molecule has 3 aromatic carbocycles. The first kappa shape index (κ1) is 26.3. The van der Waals surface area contributed by atoms with E-state index >= 15 is 0 Å². The lowest BCUT2D eigenvalue weighted by molar-refractivity contribution is -0.113. The van der Waals surface area contributed by atoms with E-state index in [0.29, 0.717) is 43.2 Å². The van der Waals surface area contributed by atoms with Gasteiger partial charge in [0, 0.05) is 22.2 Å². The van der Waals surface area contributed by atoms with Crippen molar-refractivity contribution in [2.45, 2.75) is 37.7 Å². The highest BCUT2D eigenvalue weighted by Gasteiger charge is 2.35. The van der Waals surface area contributed by atoms with Crippen molar-refractivity contribution in [1.29, 1.82) is 0 Å². The summed E-state index contributed by atoms with van der Waals surface area (Å²) in [6.07, 6.45) is 0. The average molecular weight is 611 g/mol. The number of allylic oxidation sites excluding steroid dienone is 1. The van der Waals surface area contributed by atoms with E-state index in [-0.39, 0.29) is 11.7 Å². The Hall–Kier alpha value is -3.27. The monoisotopic (exact) mass is 609 g/mol. The molecule has 0 spiro atoms. The van der Waals surface area contributed by atoms with Crippen LogP contribution in [0.1, 0.15) is 35.2 Å². The Bertz CT molecular complexity index is 1590. The van der Waals surface area contributed by atoms with Crippen LogP contribution in [0.5, 0.6) is 5.75 Å². The van der Waals surface area contributed by atoms with Gasteiger partial charge < -0.3 is 15.7 Å². The van der Waals surface area contributed by atoms with Gasteiger partial charge in [0.1, 0.15) is 11.8 Å². The maximum absolute atomic E-state index is 13.8. The van der Waals surface area contributed by atoms with Crippen LogP contribution in [0.3, 0.4) is 0 Å². The van der Waals surface area contributed by atoms with Crippen molar-refractivity contribution in [2.75, 3.05) is 10.6 Å². The molecule has 0 saturated carbocycles. The molecule has 7 nitrogen and oxygen atoms in total. The average Bonchev–Trinajstić information content (AvgIpc) is 3.28. The van der Waals surface area contributed by atoms with E-state index < -0.39 is 6.04 Å². The molecule has 1 aliphatic rings. The fourth-order valence-corrected chi connectivity index (χ4v) is 5.76. The number of phenols is 1. The maximum atomic E-state index is 13.8. The lowest BCUT2D eigenvalue weighted by Crippen LogP contribution is -2.31. The van der Waals surface area contributed by atoms with Crippen LogP contribution >= 0.6 is 39.3 Å². The van der Waals surface area contributed by atoms with Gasteiger partial charge in [-0.3, -0.25) is 4.79 Å². The molecule has 4 aromatic rings. The third kappa shape index (κ3) is 5.32. The van der Waals surface area contributed by atoms with Gasteiger partial charge in [-0.25, -0.2) is 4.68 Å². The fourth-order valence-electron chi connectivity index (χ4n) is 4.40. The van der Waals surface area contributed by atoms with Gasteiger partial charge in [-0.2, -0.15) is 4.98 Å². The van der Waals surface area contributed by atoms with E-state index in [2.05, 4.69) is 31.5 Å². The van der Waals surface area contributed by atoms with Gasteiger partial charge in [0.05, 0.1) is 10.0 Å². The maximum Gasteiger partial charge on any atom is 0.255 e. The van der Waals surface area contributed by atoms with Crippen LogP contribution in [0.2, 0.25) is 5.02 Å². The first-order valence-corrected chi connectivity index (χ1v) is 14.0. The summed E-state index contributed by atoms with van der Waals surface area (Å²) in [4.78, 5) is 18.4. The number of aromatic hydroxyl groups is 1. The van der Waals surface area contributed by atoms with Crippen LogP contribution in [0, 0.1) is 13.8 Å². The van der Waals surface area contributed by atoms with Crippen molar-refractivity contribution >= 4 is 56.8 Å². The zero-order valence-electron chi connectivity index (χ0n) is 20.9. The quantitative estimate of drug-likeness (QED) is 0.199. The number of aromatic nitrogens is 3. The summed E-state index contributed by atoms with van der Waals surface area (Å²) < 4.78 is 2.26. The molecule has 2 heterocycles. The zero-order valence-corrected chi connectivity index (χ0v) is 24.1. The molecule has 0 saturated heterocycles. The summed E-state index contributed by atoms with van der Waals surface area (Å²) in [5.74, 6) is 0.919. The number of amides is 1. The predicted molar refractivity (Wildman–Crippen MR) is 156 cm³/mol. The van der Waals surface area contributed by atoms with Gasteiger partial charge in [-0.05, 0) is 77.7 Å². The van der Waals surface area contributed by atoms with Crippen molar-refractivity contribution in [3.8, 4) is 5.75 Å². The van der Waals surface area contributed by atoms with E-state index in [1.54, 1.807) is 16.8 Å². The van der Waals surface area contributed by atoms with Gasteiger partial charge in [0.2, 0.25) is 11.1 Å². The second-order valence-electron chi connectivity index (χ2n) is 9.09. The van der Waals surface area contributed by atoms with Gasteiger partial charge in [0.25, 0.3) is 5.91 Å². The van der Waals surface area contributed by atoms with E-state index in [9.17, 15) is 9.90 Å². The number of thioether (sulfide) groups is 1. The second-order valence-corrected chi connectivity index (χ2v) is 11.3. The third-order valence-corrected chi connectivity index (χ3v) is 8.23. The SMILES string of the molecule is CC1=C(C(=O)Nc2ccc(C)cc2C)C(c2ccc(Br)c(O)c2)n2nc(SCc3ccccc3Cl)nc2N1. The Labute approximate surface area is 238 Å². The first-order valence-electron chi connectivity index (χ1n) is 11.9. The molecule has 194 valence electrons. The number of benzene rings is 3. The number of aryl methyl sites for hydroxylation is 2. The highest BCUT2D eigenvalue weighted by atomic mass is 79.9. The topological polar surface area (TPSA) is 92.1 Å². The Morgan fingerprint density at radius 1 is 1.16 bits per heavy atom. The van der Waals surface area contributed by atoms with Crippen molar-refractivity contribution in [3.05, 3.63) is 104 Å². The number of nitrogens with zero attached hydrogens (tertiary/aromatic N) is 3. The molecule has 1 atom stereocenters. The van der Waals surface area contributed by atoms with Crippen molar-refractivity contribution in [3.63, 3.8) is 0 Å². The molecular weight excluding hydrogens is 586 g/mol. The molecule has 1 aliphatic heterocycles. The molecule has 1 amide bonds. The van der Waals surface area contributed by atoms with Gasteiger partial charge in [-0.15, -0.1) is 5.10 Å². The minimum atomic E-state index is -0.613. The van der Waals surface area contributed by atoms with Crippen molar-refractivity contribution in [1.82, 2.24) is 14.8 Å². The van der Waals surface area contributed by atoms with E-state index in [4.69, 9.17) is 16.7 Å². The number of halogens is 2. The van der Waals surface area contributed by atoms with Crippen molar-refractivity contribution < 1.29 is 9.90 Å². The van der Waals surface area contributed by atoms with Crippen LogP contribution in [-0.2, 0) is 10.5 Å². The summed E-state index contributed by atoms with van der Waals surface area (Å²) in [7, 11) is 0. The number of anilines is 2. The molecule has 38 heavy (non-hydrogen) atoms. The number of nitrogens with one attached hydrogen (secondary N) is 2. The molecule has 3 N–H and O–H groups in total. The highest BCUT2D eigenvalue weighted by molar-refractivity contribution is 9.10. The standard InChI is InChI=1S/C28H25BrClN5O2S/c1-15-8-11-22(16(2)12-15)32-26(37)24-17(3)31-27-33-28(38-14-19-6-4-5-7-21(19)30)34-35(27)25(24)18-9-10-20(29)23(36)13-18/h4-13,25,36H,14H2,1-3H3,(H,32,37)(H,31,33,34). The van der Waals surface area contributed by atoms with Crippen LogP contribution in [-0.4, -0.2) is 25.8 Å². The van der Waals surface area contributed by atoms with Gasteiger partial charge in [0.15, 0.2) is 0 Å². The first-order chi connectivity index (χ1) is 18.2. The number of phenolic OH excluding ortho intramolecular Hbond substituents is 1. The molecule has 0 bridgehead atoms. The zero-order chi connectivity index (χ0) is 27.0. The van der Waals surface area contributed by atoms with Crippen LogP contribution < -0.4 is 10.6 Å². The summed E-state index contributed by atoms with van der Waals surface area (Å²) >= 11 is 11.1. The lowest BCUT2D eigenvalue weighted by atomic mass is 9.94. The normalized spacial score (nSPS) is 14.7. The van der Waals surface area contributed by atoms with Crippen molar-refractivity contribution in [2.24, 2.45) is 0 Å². The highest BCUT2D eigenvalue weighted by Crippen LogP contribution is 2.39. The number of carbonyl (C=O) groups is 1. The number of rotatable bonds is 6. The molecule has 1 aromatic heterocycles. The number of carbonyl (C=O) groups excluding carboxylic acids is 1. The Balaban J connectivity index is 1.52. The molecule has 5 rings (SSSR count). The van der Waals surface area contributed by atoms with Crippen LogP contribution in [0.15, 0.2) is 81.6 Å². The number of hydrogen-bond acceptors (Lipinski definition) is 6. The number of hydrogen-bond donors (Lipinski definition) is 3. The number of fused-ring (bicyclic) bond motifs is 1. The van der Waals surface area contributed by atoms with E-state index in [0.717, 1.165) is 22.4 Å². The Morgan fingerprint density at radius 2 is 1.95 bits per heavy atom. The molecule has 0 aliphatic carbocycles. The smallest absolute Gasteiger partial charge is 0.255 e. The van der Waals surface area contributed by atoms with Crippen LogP contribution in [0.4, 0.5) is 11.6 Å². The van der Waals surface area contributed by atoms with E-state index in [1.165, 1.54) is 11.8 Å². The minimum Gasteiger partial charge on any atom is -0.507 e. The van der Waals surface area contributed by atoms with Gasteiger partial charge in [-0.1, -0.05) is 65.3 Å². The largest absolute Gasteiger partial charge is 0.507 e. The Morgan fingerprint density at radius 3 is 2.68 bits per heavy atom. The predicted octanol–water partition coefficient (Wildman–Crippen LogP) is 7.24. The molecular formula is C28H25BrClN5O2S. The minimum absolute atomic E-state index is 0.0720. The molecule has 10 heteroatoms. The lowest BCUT2D eigenvalue weighted by Gasteiger charge is -2.29. The summed E-state index contributed by atoms with van der Waals surface area (Å²) in [6.45, 7) is 5.82.